The molecule has 34 heavy (non-hydrogen) atoms. The van der Waals surface area contributed by atoms with Crippen molar-refractivity contribution in [3.63, 3.8) is 0 Å². The SMILES string of the molecule is O=C(NCCc1ccc(-c2cncnc2)cc1)c1ccc2cnc(NC3CCOCC3)cc2n1. The van der Waals surface area contributed by atoms with Gasteiger partial charge < -0.3 is 15.4 Å². The highest BCUT2D eigenvalue weighted by atomic mass is 16.5. The number of benzene rings is 1. The number of hydrogen-bond acceptors (Lipinski definition) is 7. The predicted octanol–water partition coefficient (Wildman–Crippen LogP) is 3.65. The van der Waals surface area contributed by atoms with Gasteiger partial charge in [0, 0.05) is 61.4 Å². The van der Waals surface area contributed by atoms with Crippen LogP contribution in [-0.4, -0.2) is 51.6 Å². The first kappa shape index (κ1) is 21.9. The van der Waals surface area contributed by atoms with Gasteiger partial charge in [0.2, 0.25) is 0 Å². The smallest absolute Gasteiger partial charge is 0.269 e. The Labute approximate surface area is 197 Å². The summed E-state index contributed by atoms with van der Waals surface area (Å²) in [6, 6.07) is 14.1. The number of nitrogens with zero attached hydrogens (tertiary/aromatic N) is 4. The van der Waals surface area contributed by atoms with Gasteiger partial charge in [0.1, 0.15) is 17.8 Å². The number of hydrogen-bond donors (Lipinski definition) is 2. The molecule has 0 aliphatic carbocycles. The summed E-state index contributed by atoms with van der Waals surface area (Å²) in [5.41, 5.74) is 4.33. The van der Waals surface area contributed by atoms with Crippen LogP contribution in [0.25, 0.3) is 22.0 Å². The second-order valence-corrected chi connectivity index (χ2v) is 8.32. The number of amides is 1. The first-order valence-corrected chi connectivity index (χ1v) is 11.5. The Kier molecular flexibility index (Phi) is 6.67. The van der Waals surface area contributed by atoms with Gasteiger partial charge >= 0.3 is 0 Å². The van der Waals surface area contributed by atoms with E-state index < -0.39 is 0 Å². The summed E-state index contributed by atoms with van der Waals surface area (Å²) in [5.74, 6) is 0.589. The summed E-state index contributed by atoms with van der Waals surface area (Å²) in [4.78, 5) is 29.9. The molecule has 172 valence electrons. The van der Waals surface area contributed by atoms with Crippen molar-refractivity contribution in [2.45, 2.75) is 25.3 Å². The van der Waals surface area contributed by atoms with Crippen LogP contribution in [0.5, 0.6) is 0 Å². The molecule has 5 rings (SSSR count). The topological polar surface area (TPSA) is 102 Å². The number of fused-ring (bicyclic) bond motifs is 1. The van der Waals surface area contributed by atoms with Crippen molar-refractivity contribution in [2.75, 3.05) is 25.1 Å². The van der Waals surface area contributed by atoms with Crippen molar-refractivity contribution >= 4 is 22.6 Å². The van der Waals surface area contributed by atoms with E-state index in [1.165, 1.54) is 6.33 Å². The quantitative estimate of drug-likeness (QED) is 0.439. The minimum Gasteiger partial charge on any atom is -0.381 e. The van der Waals surface area contributed by atoms with E-state index in [-0.39, 0.29) is 5.91 Å². The number of rotatable bonds is 7. The molecule has 1 aromatic carbocycles. The fraction of sp³-hybridized carbons (Fsp3) is 0.269. The number of anilines is 1. The Morgan fingerprint density at radius 3 is 2.56 bits per heavy atom. The zero-order chi connectivity index (χ0) is 23.2. The lowest BCUT2D eigenvalue weighted by atomic mass is 10.1. The van der Waals surface area contributed by atoms with Crippen LogP contribution in [0, 0.1) is 0 Å². The largest absolute Gasteiger partial charge is 0.381 e. The number of ether oxygens (including phenoxy) is 1. The molecule has 4 aromatic rings. The molecule has 0 atom stereocenters. The maximum atomic E-state index is 12.7. The number of nitrogens with one attached hydrogen (secondary N) is 2. The summed E-state index contributed by atoms with van der Waals surface area (Å²) < 4.78 is 5.41. The Bertz CT molecular complexity index is 1260. The Morgan fingerprint density at radius 2 is 1.76 bits per heavy atom. The standard InChI is InChI=1S/C26H26N6O2/c33-26(29-10-7-18-1-3-19(4-2-18)21-14-27-17-28-15-21)23-6-5-20-16-30-25(13-24(20)32-23)31-22-8-11-34-12-9-22/h1-6,13-17,22H,7-12H2,(H,29,33)(H,30,31). The van der Waals surface area contributed by atoms with Gasteiger partial charge in [-0.1, -0.05) is 24.3 Å². The van der Waals surface area contributed by atoms with Gasteiger partial charge in [-0.25, -0.2) is 19.9 Å². The fourth-order valence-electron chi connectivity index (χ4n) is 4.00. The van der Waals surface area contributed by atoms with Crippen molar-refractivity contribution in [3.05, 3.63) is 78.6 Å². The van der Waals surface area contributed by atoms with E-state index in [1.807, 2.05) is 24.3 Å². The molecule has 3 aromatic heterocycles. The van der Waals surface area contributed by atoms with Crippen molar-refractivity contribution in [1.82, 2.24) is 25.3 Å². The van der Waals surface area contributed by atoms with Crippen LogP contribution >= 0.6 is 0 Å². The molecule has 0 radical (unpaired) electrons. The molecule has 1 fully saturated rings. The lowest BCUT2D eigenvalue weighted by Crippen LogP contribution is -2.28. The normalized spacial score (nSPS) is 14.1. The van der Waals surface area contributed by atoms with Crippen LogP contribution in [0.2, 0.25) is 0 Å². The molecule has 0 bridgehead atoms. The van der Waals surface area contributed by atoms with Gasteiger partial charge in [-0.15, -0.1) is 0 Å². The van der Waals surface area contributed by atoms with Crippen molar-refractivity contribution in [1.29, 1.82) is 0 Å². The van der Waals surface area contributed by atoms with E-state index in [0.717, 1.165) is 65.9 Å². The Hall–Kier alpha value is -3.91. The molecule has 8 nitrogen and oxygen atoms in total. The Balaban J connectivity index is 1.18. The highest BCUT2D eigenvalue weighted by molar-refractivity contribution is 5.95. The molecule has 8 heteroatoms. The van der Waals surface area contributed by atoms with Gasteiger partial charge in [0.25, 0.3) is 5.91 Å². The number of pyridine rings is 2. The molecule has 0 unspecified atom stereocenters. The Morgan fingerprint density at radius 1 is 0.971 bits per heavy atom. The van der Waals surface area contributed by atoms with Crippen molar-refractivity contribution in [2.24, 2.45) is 0 Å². The zero-order valence-corrected chi connectivity index (χ0v) is 18.8. The van der Waals surface area contributed by atoms with Crippen LogP contribution in [0.15, 0.2) is 67.4 Å². The molecule has 1 aliphatic heterocycles. The average Bonchev–Trinajstić information content (AvgIpc) is 2.90. The van der Waals surface area contributed by atoms with E-state index in [2.05, 4.69) is 42.7 Å². The third-order valence-electron chi connectivity index (χ3n) is 5.93. The minimum atomic E-state index is -0.185. The number of carbonyl (C=O) groups excluding carboxylic acids is 1. The van der Waals surface area contributed by atoms with E-state index >= 15 is 0 Å². The lowest BCUT2D eigenvalue weighted by Gasteiger charge is -2.23. The molecule has 4 heterocycles. The monoisotopic (exact) mass is 454 g/mol. The molecule has 1 amide bonds. The number of carbonyl (C=O) groups is 1. The molecule has 2 N–H and O–H groups in total. The second-order valence-electron chi connectivity index (χ2n) is 8.32. The molecule has 1 saturated heterocycles. The van der Waals surface area contributed by atoms with Crippen LogP contribution in [0.4, 0.5) is 5.82 Å². The average molecular weight is 455 g/mol. The van der Waals surface area contributed by atoms with Crippen LogP contribution in [0.3, 0.4) is 0 Å². The summed E-state index contributed by atoms with van der Waals surface area (Å²) in [7, 11) is 0. The maximum Gasteiger partial charge on any atom is 0.269 e. The van der Waals surface area contributed by atoms with E-state index in [4.69, 9.17) is 4.74 Å². The van der Waals surface area contributed by atoms with Crippen molar-refractivity contribution < 1.29 is 9.53 Å². The summed E-state index contributed by atoms with van der Waals surface area (Å²) in [5, 5.41) is 7.32. The number of aromatic nitrogens is 4. The zero-order valence-electron chi connectivity index (χ0n) is 18.8. The van der Waals surface area contributed by atoms with E-state index in [1.54, 1.807) is 24.7 Å². The van der Waals surface area contributed by atoms with Gasteiger partial charge in [-0.2, -0.15) is 0 Å². The molecular formula is C26H26N6O2. The van der Waals surface area contributed by atoms with Gasteiger partial charge in [0.15, 0.2) is 0 Å². The molecule has 0 spiro atoms. The van der Waals surface area contributed by atoms with Crippen LogP contribution in [0.1, 0.15) is 28.9 Å². The summed E-state index contributed by atoms with van der Waals surface area (Å²) in [6.45, 7) is 2.05. The highest BCUT2D eigenvalue weighted by Gasteiger charge is 2.14. The summed E-state index contributed by atoms with van der Waals surface area (Å²) >= 11 is 0. The molecular weight excluding hydrogens is 428 g/mol. The fourth-order valence-corrected chi connectivity index (χ4v) is 4.00. The van der Waals surface area contributed by atoms with Gasteiger partial charge in [0.05, 0.1) is 5.52 Å². The van der Waals surface area contributed by atoms with Gasteiger partial charge in [-0.3, -0.25) is 4.79 Å². The van der Waals surface area contributed by atoms with E-state index in [9.17, 15) is 4.79 Å². The van der Waals surface area contributed by atoms with E-state index in [0.29, 0.717) is 18.3 Å². The molecule has 1 aliphatic rings. The highest BCUT2D eigenvalue weighted by Crippen LogP contribution is 2.19. The van der Waals surface area contributed by atoms with Gasteiger partial charge in [-0.05, 0) is 42.5 Å². The first-order chi connectivity index (χ1) is 16.7. The third kappa shape index (κ3) is 5.35. The minimum absolute atomic E-state index is 0.185. The van der Waals surface area contributed by atoms with Crippen molar-refractivity contribution in [3.8, 4) is 11.1 Å². The molecule has 0 saturated carbocycles. The third-order valence-corrected chi connectivity index (χ3v) is 5.93. The summed E-state index contributed by atoms with van der Waals surface area (Å²) in [6.07, 6.45) is 9.53. The second kappa shape index (κ2) is 10.4. The van der Waals surface area contributed by atoms with Crippen LogP contribution in [-0.2, 0) is 11.2 Å². The predicted molar refractivity (Wildman–Crippen MR) is 131 cm³/mol. The first-order valence-electron chi connectivity index (χ1n) is 11.5. The lowest BCUT2D eigenvalue weighted by molar-refractivity contribution is 0.0903. The maximum absolute atomic E-state index is 12.7. The van der Waals surface area contributed by atoms with Crippen LogP contribution < -0.4 is 10.6 Å².